The maximum Gasteiger partial charge on any atom is 0.229 e. The lowest BCUT2D eigenvalue weighted by molar-refractivity contribution is -0.148. The number of carbonyl (C=O) groups is 1. The van der Waals surface area contributed by atoms with Crippen LogP contribution in [0.15, 0.2) is 60.9 Å². The molecule has 1 amide bonds. The first kappa shape index (κ1) is 22.9. The fraction of sp³-hybridized carbons (Fsp3) is 0.429. The zero-order valence-electron chi connectivity index (χ0n) is 19.4. The molecule has 34 heavy (non-hydrogen) atoms. The Morgan fingerprint density at radius 2 is 1.91 bits per heavy atom. The number of halogens is 1. The van der Waals surface area contributed by atoms with Gasteiger partial charge in [0.2, 0.25) is 5.91 Å². The van der Waals surface area contributed by atoms with E-state index in [-0.39, 0.29) is 17.6 Å². The molecule has 0 saturated carbocycles. The van der Waals surface area contributed by atoms with Crippen LogP contribution in [0.25, 0.3) is 10.8 Å². The molecular weight excluding hydrogens is 431 g/mol. The van der Waals surface area contributed by atoms with E-state index in [1.807, 2.05) is 23.2 Å². The summed E-state index contributed by atoms with van der Waals surface area (Å²) in [5.74, 6) is 0.0622. The molecular formula is C28H31FN2O3. The lowest BCUT2D eigenvalue weighted by atomic mass is 9.73. The molecule has 0 radical (unpaired) electrons. The van der Waals surface area contributed by atoms with E-state index in [9.17, 15) is 9.18 Å². The second-order valence-electron chi connectivity index (χ2n) is 9.61. The number of fused-ring (bicyclic) bond motifs is 1. The van der Waals surface area contributed by atoms with Crippen LogP contribution in [0.2, 0.25) is 0 Å². The Morgan fingerprint density at radius 1 is 1.06 bits per heavy atom. The number of aromatic nitrogens is 1. The van der Waals surface area contributed by atoms with E-state index in [2.05, 4.69) is 23.2 Å². The average molecular weight is 463 g/mol. The van der Waals surface area contributed by atoms with Crippen LogP contribution in [0.5, 0.6) is 0 Å². The van der Waals surface area contributed by atoms with Crippen LogP contribution in [0, 0.1) is 17.2 Å². The molecule has 2 aliphatic rings. The number of pyridine rings is 1. The fourth-order valence-corrected chi connectivity index (χ4v) is 5.35. The summed E-state index contributed by atoms with van der Waals surface area (Å²) in [6.07, 6.45) is 6.15. The van der Waals surface area contributed by atoms with Crippen molar-refractivity contribution in [2.24, 2.45) is 11.3 Å². The van der Waals surface area contributed by atoms with Gasteiger partial charge in [0.15, 0.2) is 0 Å². The van der Waals surface area contributed by atoms with Crippen molar-refractivity contribution in [2.45, 2.75) is 25.7 Å². The second-order valence-corrected chi connectivity index (χ2v) is 9.61. The monoisotopic (exact) mass is 462 g/mol. The van der Waals surface area contributed by atoms with Crippen molar-refractivity contribution in [3.05, 3.63) is 77.9 Å². The van der Waals surface area contributed by atoms with Gasteiger partial charge in [-0.1, -0.05) is 30.3 Å². The van der Waals surface area contributed by atoms with Gasteiger partial charge in [-0.25, -0.2) is 4.39 Å². The van der Waals surface area contributed by atoms with E-state index in [0.717, 1.165) is 11.8 Å². The van der Waals surface area contributed by atoms with Gasteiger partial charge in [0.25, 0.3) is 0 Å². The summed E-state index contributed by atoms with van der Waals surface area (Å²) in [4.78, 5) is 20.2. The molecule has 178 valence electrons. The summed E-state index contributed by atoms with van der Waals surface area (Å²) in [7, 11) is 0. The minimum atomic E-state index is -0.635. The lowest BCUT2D eigenvalue weighted by Gasteiger charge is -2.40. The summed E-state index contributed by atoms with van der Waals surface area (Å²) in [5.41, 5.74) is 1.19. The maximum absolute atomic E-state index is 14.5. The zero-order chi connectivity index (χ0) is 23.4. The molecule has 5 nitrogen and oxygen atoms in total. The largest absolute Gasteiger partial charge is 0.381 e. The third kappa shape index (κ3) is 4.98. The summed E-state index contributed by atoms with van der Waals surface area (Å²) in [6.45, 7) is 3.41. The van der Waals surface area contributed by atoms with Gasteiger partial charge in [-0.15, -0.1) is 0 Å². The first-order valence-corrected chi connectivity index (χ1v) is 12.1. The summed E-state index contributed by atoms with van der Waals surface area (Å²) in [6, 6.07) is 15.3. The van der Waals surface area contributed by atoms with E-state index in [1.54, 1.807) is 18.3 Å². The highest BCUT2D eigenvalue weighted by Crippen LogP contribution is 2.37. The van der Waals surface area contributed by atoms with Gasteiger partial charge in [-0.05, 0) is 60.4 Å². The topological polar surface area (TPSA) is 51.7 Å². The molecule has 2 fully saturated rings. The molecule has 0 unspecified atom stereocenters. The van der Waals surface area contributed by atoms with Crippen molar-refractivity contribution in [2.75, 3.05) is 39.5 Å². The van der Waals surface area contributed by atoms with Crippen molar-refractivity contribution >= 4 is 16.7 Å². The highest BCUT2D eigenvalue weighted by molar-refractivity contribution is 5.83. The lowest BCUT2D eigenvalue weighted by Crippen LogP contribution is -2.50. The Hall–Kier alpha value is -2.83. The predicted octanol–water partition coefficient (Wildman–Crippen LogP) is 4.43. The number of hydrogen-bond acceptors (Lipinski definition) is 4. The number of benzene rings is 2. The molecule has 1 aromatic heterocycles. The molecule has 3 aromatic rings. The maximum atomic E-state index is 14.5. The molecule has 0 aliphatic carbocycles. The quantitative estimate of drug-likeness (QED) is 0.563. The van der Waals surface area contributed by atoms with Crippen LogP contribution in [0.3, 0.4) is 0 Å². The molecule has 2 aromatic carbocycles. The smallest absolute Gasteiger partial charge is 0.229 e. The molecule has 1 atom stereocenters. The molecule has 3 heterocycles. The highest BCUT2D eigenvalue weighted by atomic mass is 19.1. The van der Waals surface area contributed by atoms with Crippen molar-refractivity contribution in [1.82, 2.24) is 9.88 Å². The number of carbonyl (C=O) groups excluding carboxylic acids is 1. The molecule has 6 heteroatoms. The van der Waals surface area contributed by atoms with Crippen LogP contribution in [-0.2, 0) is 27.1 Å². The first-order chi connectivity index (χ1) is 16.6. The number of nitrogens with zero attached hydrogens (tertiary/aromatic N) is 2. The summed E-state index contributed by atoms with van der Waals surface area (Å²) >= 11 is 0. The van der Waals surface area contributed by atoms with E-state index < -0.39 is 5.41 Å². The van der Waals surface area contributed by atoms with E-state index >= 15 is 0 Å². The third-order valence-electron chi connectivity index (χ3n) is 7.24. The van der Waals surface area contributed by atoms with Crippen molar-refractivity contribution in [3.63, 3.8) is 0 Å². The Bertz CT molecular complexity index is 1150. The van der Waals surface area contributed by atoms with Crippen LogP contribution < -0.4 is 0 Å². The van der Waals surface area contributed by atoms with Gasteiger partial charge in [0.05, 0.1) is 18.6 Å². The Morgan fingerprint density at radius 3 is 2.76 bits per heavy atom. The number of amides is 1. The van der Waals surface area contributed by atoms with Gasteiger partial charge in [-0.3, -0.25) is 9.78 Å². The molecule has 5 rings (SSSR count). The molecule has 0 spiro atoms. The van der Waals surface area contributed by atoms with E-state index in [4.69, 9.17) is 9.47 Å². The average Bonchev–Trinajstić information content (AvgIpc) is 3.11. The first-order valence-electron chi connectivity index (χ1n) is 12.1. The summed E-state index contributed by atoms with van der Waals surface area (Å²) < 4.78 is 26.0. The Balaban J connectivity index is 1.35. The van der Waals surface area contributed by atoms with Crippen LogP contribution in [-0.4, -0.2) is 55.3 Å². The van der Waals surface area contributed by atoms with Crippen molar-refractivity contribution < 1.29 is 18.7 Å². The Kier molecular flexibility index (Phi) is 6.88. The SMILES string of the molecule is O=C(N1CCOC[C@H](Cc2ccc3ccncc3c2)C1)C1(Cc2ccccc2F)CCOCC1. The Labute approximate surface area is 199 Å². The van der Waals surface area contributed by atoms with Gasteiger partial charge in [-0.2, -0.15) is 0 Å². The molecule has 2 aliphatic heterocycles. The van der Waals surface area contributed by atoms with Crippen molar-refractivity contribution in [3.8, 4) is 0 Å². The van der Waals surface area contributed by atoms with E-state index in [0.29, 0.717) is 64.3 Å². The van der Waals surface area contributed by atoms with Gasteiger partial charge < -0.3 is 14.4 Å². The van der Waals surface area contributed by atoms with Crippen LogP contribution >= 0.6 is 0 Å². The van der Waals surface area contributed by atoms with Gasteiger partial charge in [0.1, 0.15) is 5.82 Å². The number of hydrogen-bond donors (Lipinski definition) is 0. The molecule has 2 saturated heterocycles. The molecule has 0 N–H and O–H groups in total. The minimum absolute atomic E-state index is 0.109. The minimum Gasteiger partial charge on any atom is -0.381 e. The van der Waals surface area contributed by atoms with Gasteiger partial charge in [0, 0.05) is 50.0 Å². The van der Waals surface area contributed by atoms with E-state index in [1.165, 1.54) is 17.0 Å². The predicted molar refractivity (Wildman–Crippen MR) is 129 cm³/mol. The number of rotatable bonds is 5. The zero-order valence-corrected chi connectivity index (χ0v) is 19.4. The highest BCUT2D eigenvalue weighted by Gasteiger charge is 2.43. The third-order valence-corrected chi connectivity index (χ3v) is 7.24. The van der Waals surface area contributed by atoms with Gasteiger partial charge >= 0.3 is 0 Å². The second kappa shape index (κ2) is 10.2. The van der Waals surface area contributed by atoms with Crippen LogP contribution in [0.1, 0.15) is 24.0 Å². The fourth-order valence-electron chi connectivity index (χ4n) is 5.35. The van der Waals surface area contributed by atoms with Crippen LogP contribution in [0.4, 0.5) is 4.39 Å². The summed E-state index contributed by atoms with van der Waals surface area (Å²) in [5, 5.41) is 2.29. The molecule has 0 bridgehead atoms. The van der Waals surface area contributed by atoms with Crippen molar-refractivity contribution in [1.29, 1.82) is 0 Å². The normalized spacial score (nSPS) is 20.7. The number of ether oxygens (including phenoxy) is 2. The standard InChI is InChI=1S/C28H31FN2O3/c29-26-4-2-1-3-24(26)17-28(8-12-33-13-9-28)27(32)31-11-14-34-20-22(19-31)15-21-5-6-23-7-10-30-18-25(23)16-21/h1-7,10,16,18,22H,8-9,11-15,17,19-20H2/t22-/m1/s1.